The molecule has 1 N–H and O–H groups in total. The fourth-order valence-corrected chi connectivity index (χ4v) is 1.53. The van der Waals surface area contributed by atoms with Gasteiger partial charge in [0.1, 0.15) is 5.69 Å². The van der Waals surface area contributed by atoms with Crippen molar-refractivity contribution in [2.75, 3.05) is 25.5 Å². The van der Waals surface area contributed by atoms with E-state index in [2.05, 4.69) is 24.1 Å². The number of pyridine rings is 1. The van der Waals surface area contributed by atoms with Crippen molar-refractivity contribution < 1.29 is 4.79 Å². The number of rotatable bonds is 6. The van der Waals surface area contributed by atoms with Crippen molar-refractivity contribution in [3.63, 3.8) is 0 Å². The lowest BCUT2D eigenvalue weighted by Gasteiger charge is -2.15. The summed E-state index contributed by atoms with van der Waals surface area (Å²) in [7, 11) is 1.80. The van der Waals surface area contributed by atoms with E-state index in [4.69, 9.17) is 0 Å². The highest BCUT2D eigenvalue weighted by Gasteiger charge is 2.11. The fraction of sp³-hybridized carbons (Fsp3) is 0.538. The molecule has 0 aromatic carbocycles. The number of amides is 1. The van der Waals surface area contributed by atoms with Crippen molar-refractivity contribution in [3.05, 3.63) is 24.0 Å². The van der Waals surface area contributed by atoms with E-state index in [0.717, 1.165) is 31.6 Å². The maximum Gasteiger partial charge on any atom is 0.272 e. The Labute approximate surface area is 103 Å². The van der Waals surface area contributed by atoms with Crippen molar-refractivity contribution in [2.45, 2.75) is 26.7 Å². The monoisotopic (exact) mass is 235 g/mol. The minimum atomic E-state index is -0.0195. The molecule has 0 aliphatic carbocycles. The predicted molar refractivity (Wildman–Crippen MR) is 70.3 cm³/mol. The van der Waals surface area contributed by atoms with Gasteiger partial charge in [0.15, 0.2) is 0 Å². The molecule has 0 bridgehead atoms. The highest BCUT2D eigenvalue weighted by molar-refractivity contribution is 5.92. The van der Waals surface area contributed by atoms with Crippen molar-refractivity contribution in [1.29, 1.82) is 0 Å². The van der Waals surface area contributed by atoms with E-state index in [1.165, 1.54) is 0 Å². The number of nitrogens with zero attached hydrogens (tertiary/aromatic N) is 2. The molecule has 94 valence electrons. The van der Waals surface area contributed by atoms with Crippen LogP contribution in [-0.4, -0.2) is 35.9 Å². The van der Waals surface area contributed by atoms with E-state index in [0.29, 0.717) is 5.69 Å². The standard InChI is InChI=1S/C13H21N3O/c1-4-8-14-11-6-7-12(15-10-11)13(17)16(3)9-5-2/h6-7,10,14H,4-5,8-9H2,1-3H3. The van der Waals surface area contributed by atoms with E-state index in [1.54, 1.807) is 24.2 Å². The van der Waals surface area contributed by atoms with Crippen molar-refractivity contribution in [1.82, 2.24) is 9.88 Å². The first-order valence-electron chi connectivity index (χ1n) is 6.14. The van der Waals surface area contributed by atoms with Gasteiger partial charge in [0.2, 0.25) is 0 Å². The van der Waals surface area contributed by atoms with E-state index in [-0.39, 0.29) is 5.91 Å². The highest BCUT2D eigenvalue weighted by atomic mass is 16.2. The molecular weight excluding hydrogens is 214 g/mol. The van der Waals surface area contributed by atoms with Crippen LogP contribution in [-0.2, 0) is 0 Å². The maximum atomic E-state index is 11.9. The molecule has 1 aromatic heterocycles. The Bertz CT molecular complexity index is 348. The number of carbonyl (C=O) groups is 1. The largest absolute Gasteiger partial charge is 0.384 e. The van der Waals surface area contributed by atoms with Crippen molar-refractivity contribution >= 4 is 11.6 Å². The minimum absolute atomic E-state index is 0.0195. The molecule has 17 heavy (non-hydrogen) atoms. The maximum absolute atomic E-state index is 11.9. The second-order valence-electron chi connectivity index (χ2n) is 4.09. The third-order valence-corrected chi connectivity index (χ3v) is 2.47. The second kappa shape index (κ2) is 6.89. The Kier molecular flexibility index (Phi) is 5.46. The Morgan fingerprint density at radius 1 is 1.35 bits per heavy atom. The van der Waals surface area contributed by atoms with Gasteiger partial charge in [0, 0.05) is 20.1 Å². The van der Waals surface area contributed by atoms with Gasteiger partial charge in [0.05, 0.1) is 11.9 Å². The van der Waals surface area contributed by atoms with Crippen LogP contribution in [0, 0.1) is 0 Å². The van der Waals surface area contributed by atoms with Crippen molar-refractivity contribution in [2.24, 2.45) is 0 Å². The zero-order chi connectivity index (χ0) is 12.7. The average molecular weight is 235 g/mol. The first-order chi connectivity index (χ1) is 8.19. The SMILES string of the molecule is CCCNc1ccc(C(=O)N(C)CCC)nc1. The van der Waals surface area contributed by atoms with E-state index in [9.17, 15) is 4.79 Å². The highest BCUT2D eigenvalue weighted by Crippen LogP contribution is 2.08. The number of hydrogen-bond donors (Lipinski definition) is 1. The Hall–Kier alpha value is -1.58. The molecule has 0 radical (unpaired) electrons. The van der Waals surface area contributed by atoms with Crippen LogP contribution in [0.25, 0.3) is 0 Å². The Morgan fingerprint density at radius 3 is 2.65 bits per heavy atom. The number of anilines is 1. The summed E-state index contributed by atoms with van der Waals surface area (Å²) in [6, 6.07) is 3.67. The van der Waals surface area contributed by atoms with Gasteiger partial charge < -0.3 is 10.2 Å². The molecule has 1 aromatic rings. The number of nitrogens with one attached hydrogen (secondary N) is 1. The molecular formula is C13H21N3O. The summed E-state index contributed by atoms with van der Waals surface area (Å²) < 4.78 is 0. The van der Waals surface area contributed by atoms with Crippen molar-refractivity contribution in [3.8, 4) is 0 Å². The lowest BCUT2D eigenvalue weighted by Crippen LogP contribution is -2.28. The molecule has 1 heterocycles. The van der Waals surface area contributed by atoms with Crippen LogP contribution in [0.15, 0.2) is 18.3 Å². The summed E-state index contributed by atoms with van der Waals surface area (Å²) in [5, 5.41) is 3.23. The van der Waals surface area contributed by atoms with Crippen LogP contribution < -0.4 is 5.32 Å². The minimum Gasteiger partial charge on any atom is -0.384 e. The number of aromatic nitrogens is 1. The van der Waals surface area contributed by atoms with Gasteiger partial charge in [-0.05, 0) is 25.0 Å². The van der Waals surface area contributed by atoms with E-state index < -0.39 is 0 Å². The van der Waals surface area contributed by atoms with Crippen LogP contribution >= 0.6 is 0 Å². The summed E-state index contributed by atoms with van der Waals surface area (Å²) in [6.07, 6.45) is 3.74. The van der Waals surface area contributed by atoms with Gasteiger partial charge >= 0.3 is 0 Å². The van der Waals surface area contributed by atoms with Crippen LogP contribution in [0.5, 0.6) is 0 Å². The lowest BCUT2D eigenvalue weighted by atomic mass is 10.3. The molecule has 0 saturated heterocycles. The molecule has 0 aliphatic rings. The number of carbonyl (C=O) groups excluding carboxylic acids is 1. The molecule has 0 aliphatic heterocycles. The third kappa shape index (κ3) is 4.06. The van der Waals surface area contributed by atoms with Crippen LogP contribution in [0.1, 0.15) is 37.2 Å². The topological polar surface area (TPSA) is 45.2 Å². The molecule has 4 heteroatoms. The van der Waals surface area contributed by atoms with Gasteiger partial charge in [-0.3, -0.25) is 4.79 Å². The van der Waals surface area contributed by atoms with Crippen LogP contribution in [0.4, 0.5) is 5.69 Å². The molecule has 0 unspecified atom stereocenters. The summed E-state index contributed by atoms with van der Waals surface area (Å²) in [6.45, 7) is 5.84. The lowest BCUT2D eigenvalue weighted by molar-refractivity contribution is 0.0789. The first kappa shape index (κ1) is 13.5. The van der Waals surface area contributed by atoms with Gasteiger partial charge in [0.25, 0.3) is 5.91 Å². The molecule has 0 atom stereocenters. The molecule has 1 rings (SSSR count). The molecule has 1 amide bonds. The summed E-state index contributed by atoms with van der Waals surface area (Å²) in [4.78, 5) is 17.8. The quantitative estimate of drug-likeness (QED) is 0.823. The smallest absolute Gasteiger partial charge is 0.272 e. The second-order valence-corrected chi connectivity index (χ2v) is 4.09. The Morgan fingerprint density at radius 2 is 2.12 bits per heavy atom. The number of hydrogen-bond acceptors (Lipinski definition) is 3. The molecule has 0 spiro atoms. The predicted octanol–water partition coefficient (Wildman–Crippen LogP) is 2.39. The van der Waals surface area contributed by atoms with E-state index >= 15 is 0 Å². The summed E-state index contributed by atoms with van der Waals surface area (Å²) in [5.41, 5.74) is 1.46. The zero-order valence-electron chi connectivity index (χ0n) is 10.9. The third-order valence-electron chi connectivity index (χ3n) is 2.47. The van der Waals surface area contributed by atoms with Crippen LogP contribution in [0.3, 0.4) is 0 Å². The average Bonchev–Trinajstić information content (AvgIpc) is 2.36. The Balaban J connectivity index is 2.63. The van der Waals surface area contributed by atoms with E-state index in [1.807, 2.05) is 6.07 Å². The summed E-state index contributed by atoms with van der Waals surface area (Å²) in [5.74, 6) is -0.0195. The normalized spacial score (nSPS) is 10.1. The first-order valence-corrected chi connectivity index (χ1v) is 6.14. The van der Waals surface area contributed by atoms with Gasteiger partial charge in [-0.1, -0.05) is 13.8 Å². The van der Waals surface area contributed by atoms with Gasteiger partial charge in [-0.15, -0.1) is 0 Å². The van der Waals surface area contributed by atoms with Crippen LogP contribution in [0.2, 0.25) is 0 Å². The fourth-order valence-electron chi connectivity index (χ4n) is 1.53. The summed E-state index contributed by atoms with van der Waals surface area (Å²) >= 11 is 0. The zero-order valence-corrected chi connectivity index (χ0v) is 10.9. The van der Waals surface area contributed by atoms with Gasteiger partial charge in [-0.25, -0.2) is 4.98 Å². The molecule has 0 fully saturated rings. The molecule has 0 saturated carbocycles. The van der Waals surface area contributed by atoms with Gasteiger partial charge in [-0.2, -0.15) is 0 Å². The molecule has 4 nitrogen and oxygen atoms in total.